The van der Waals surface area contributed by atoms with E-state index in [1.807, 2.05) is 146 Å². The molecule has 4 aromatic carbocycles. The fourth-order valence-electron chi connectivity index (χ4n) is 16.4. The molecule has 24 heteroatoms. The molecular formula is C114H108Br6N12O6. The van der Waals surface area contributed by atoms with Crippen LogP contribution in [0.1, 0.15) is 186 Å². The zero-order chi connectivity index (χ0) is 95.2. The number of hydrogen-bond donors (Lipinski definition) is 0. The third-order valence-corrected chi connectivity index (χ3v) is 26.7. The molecule has 0 atom stereocenters. The molecule has 0 saturated heterocycles. The van der Waals surface area contributed by atoms with E-state index in [1.54, 1.807) is 37.2 Å². The first-order chi connectivity index (χ1) is 67.7. The van der Waals surface area contributed by atoms with E-state index in [-0.39, 0.29) is 39.6 Å². The van der Waals surface area contributed by atoms with E-state index in [2.05, 4.69) is 207 Å². The SMILES string of the molecule is CCCCCCCCc1cc(OCc2ccc(-c3ccc(Br)cn3)nc2)c(-c2cc(-c3c(OCc4ccc(-c5ccc(Br)cn5)nc4)cc(CCCCCCCC)cc3OCc3ccc(-c4ccc(Br)cn4)nc3)cc(-c3c(OCc4ccc(-c5ccc(Br)cn5)nc4)cc(CCCCCCCC)cc3OCc3ccc(-c4ccc(Br)cn4)nc3)c2)c(OCc2ccc(-c3ccc(Br)cn3)nc2)c1. The Bertz CT molecular complexity index is 5620. The number of ether oxygens (including phenoxy) is 6. The van der Waals surface area contributed by atoms with Crippen molar-refractivity contribution in [3.8, 4) is 136 Å². The highest BCUT2D eigenvalue weighted by Crippen LogP contribution is 2.51. The van der Waals surface area contributed by atoms with E-state index >= 15 is 0 Å². The lowest BCUT2D eigenvalue weighted by Gasteiger charge is -2.24. The van der Waals surface area contributed by atoms with Gasteiger partial charge in [0.05, 0.1) is 85.0 Å². The van der Waals surface area contributed by atoms with E-state index in [0.717, 1.165) is 258 Å². The van der Waals surface area contributed by atoms with Crippen molar-refractivity contribution in [2.45, 2.75) is 195 Å². The summed E-state index contributed by atoms with van der Waals surface area (Å²) < 4.78 is 50.7. The molecule has 16 rings (SSSR count). The van der Waals surface area contributed by atoms with Crippen LogP contribution >= 0.6 is 95.6 Å². The van der Waals surface area contributed by atoms with E-state index in [0.29, 0.717) is 51.2 Å². The van der Waals surface area contributed by atoms with Gasteiger partial charge in [-0.3, -0.25) is 59.8 Å². The van der Waals surface area contributed by atoms with Gasteiger partial charge in [0.1, 0.15) is 74.1 Å². The van der Waals surface area contributed by atoms with Gasteiger partial charge in [0, 0.05) is 135 Å². The molecule has 0 aliphatic rings. The number of rotatable bonds is 48. The molecule has 0 radical (unpaired) electrons. The van der Waals surface area contributed by atoms with Crippen molar-refractivity contribution in [1.29, 1.82) is 0 Å². The van der Waals surface area contributed by atoms with Crippen LogP contribution < -0.4 is 28.4 Å². The molecule has 0 aliphatic carbocycles. The fourth-order valence-corrected chi connectivity index (χ4v) is 17.8. The molecule has 0 unspecified atom stereocenters. The largest absolute Gasteiger partial charge is 0.488 e. The monoisotopic (exact) mass is 2210 g/mol. The Kier molecular flexibility index (Phi) is 36.6. The molecule has 0 spiro atoms. The number of unbranched alkanes of at least 4 members (excludes halogenated alkanes) is 15. The summed E-state index contributed by atoms with van der Waals surface area (Å²) in [7, 11) is 0. The first-order valence-electron chi connectivity index (χ1n) is 47.5. The molecule has 0 amide bonds. The van der Waals surface area contributed by atoms with Crippen molar-refractivity contribution in [2.24, 2.45) is 0 Å². The minimum Gasteiger partial charge on any atom is -0.488 e. The standard InChI is InChI=1S/C114H108Br6N12O6/c1-4-7-10-13-16-19-22-76-49-106(133-70-79-25-37-94(121-58-79)100-43-31-88(115)64-127-100)112(107(50-76)134-71-80-26-38-95(122-59-80)101-44-32-89(116)65-128-101)85-55-86(113-108(135-72-81-27-39-96(123-60-81)102-45-33-90(117)66-129-102)51-77(23-20-17-14-11-8-5-2)52-109(113)136-73-82-28-40-97(124-61-82)103-46-34-91(118)67-130-103)57-87(56-85)114-110(137-74-83-29-41-98(125-62-83)104-47-35-92(119)68-131-104)53-78(24-21-18-15-12-9-6-3)54-111(114)138-75-84-30-42-99(126-63-84)105-48-36-93(120)69-132-105/h25-69H,4-24,70-75H2,1-3H3. The summed E-state index contributed by atoms with van der Waals surface area (Å²) in [4.78, 5) is 58.3. The van der Waals surface area contributed by atoms with Crippen LogP contribution in [0.5, 0.6) is 34.5 Å². The van der Waals surface area contributed by atoms with Crippen LogP contribution in [-0.2, 0) is 58.9 Å². The van der Waals surface area contributed by atoms with Crippen LogP contribution in [0.3, 0.4) is 0 Å². The van der Waals surface area contributed by atoms with Crippen LogP contribution in [0.2, 0.25) is 0 Å². The molecule has 0 N–H and O–H groups in total. The lowest BCUT2D eigenvalue weighted by Crippen LogP contribution is -2.06. The van der Waals surface area contributed by atoms with Crippen molar-refractivity contribution < 1.29 is 28.4 Å². The maximum Gasteiger partial charge on any atom is 0.131 e. The molecular weight excluding hydrogens is 2110 g/mol. The Morgan fingerprint density at radius 3 is 0.486 bits per heavy atom. The highest BCUT2D eigenvalue weighted by Gasteiger charge is 2.28. The Balaban J connectivity index is 0.939. The number of aromatic nitrogens is 12. The third-order valence-electron chi connectivity index (χ3n) is 23.9. The van der Waals surface area contributed by atoms with Crippen molar-refractivity contribution in [3.05, 3.63) is 351 Å². The van der Waals surface area contributed by atoms with Gasteiger partial charge in [-0.1, -0.05) is 153 Å². The minimum absolute atomic E-state index is 0.137. The zero-order valence-electron chi connectivity index (χ0n) is 77.7. The second kappa shape index (κ2) is 50.8. The quantitative estimate of drug-likeness (QED) is 0.0325. The number of hydrogen-bond acceptors (Lipinski definition) is 18. The number of aryl methyl sites for hydroxylation is 3. The lowest BCUT2D eigenvalue weighted by molar-refractivity contribution is 0.291. The van der Waals surface area contributed by atoms with Gasteiger partial charge in [-0.05, 0) is 331 Å². The average molecular weight is 2220 g/mol. The van der Waals surface area contributed by atoms with E-state index < -0.39 is 0 Å². The van der Waals surface area contributed by atoms with Crippen LogP contribution in [0.4, 0.5) is 0 Å². The topological polar surface area (TPSA) is 210 Å². The fraction of sp³-hybridized carbons (Fsp3) is 0.263. The van der Waals surface area contributed by atoms with Gasteiger partial charge >= 0.3 is 0 Å². The maximum absolute atomic E-state index is 7.57. The van der Waals surface area contributed by atoms with Crippen LogP contribution in [0.25, 0.3) is 102 Å². The molecule has 12 heterocycles. The summed E-state index contributed by atoms with van der Waals surface area (Å²) in [6.45, 7) is 7.60. The van der Waals surface area contributed by atoms with Gasteiger partial charge in [0.15, 0.2) is 0 Å². The van der Waals surface area contributed by atoms with E-state index in [1.165, 1.54) is 38.5 Å². The summed E-state index contributed by atoms with van der Waals surface area (Å²) in [6, 6.07) is 67.9. The minimum atomic E-state index is 0.137. The Labute approximate surface area is 859 Å². The highest BCUT2D eigenvalue weighted by molar-refractivity contribution is 9.11. The predicted molar refractivity (Wildman–Crippen MR) is 571 cm³/mol. The maximum atomic E-state index is 7.57. The first-order valence-corrected chi connectivity index (χ1v) is 52.3. The van der Waals surface area contributed by atoms with Crippen molar-refractivity contribution in [1.82, 2.24) is 59.8 Å². The second-order valence-corrected chi connectivity index (χ2v) is 40.0. The number of pyridine rings is 12. The van der Waals surface area contributed by atoms with Crippen molar-refractivity contribution in [2.75, 3.05) is 0 Å². The first kappa shape index (κ1) is 99.4. The van der Waals surface area contributed by atoms with Crippen LogP contribution in [0, 0.1) is 0 Å². The normalized spacial score (nSPS) is 11.3. The van der Waals surface area contributed by atoms with Gasteiger partial charge in [-0.2, -0.15) is 0 Å². The molecule has 16 aromatic rings. The second-order valence-electron chi connectivity index (χ2n) is 34.5. The lowest BCUT2D eigenvalue weighted by atomic mass is 9.89. The molecule has 138 heavy (non-hydrogen) atoms. The molecule has 0 saturated carbocycles. The number of halogens is 6. The Morgan fingerprint density at radius 2 is 0.333 bits per heavy atom. The summed E-state index contributed by atoms with van der Waals surface area (Å²) >= 11 is 21.5. The summed E-state index contributed by atoms with van der Waals surface area (Å²) in [5, 5.41) is 0. The van der Waals surface area contributed by atoms with Crippen LogP contribution in [0.15, 0.2) is 301 Å². The molecule has 702 valence electrons. The van der Waals surface area contributed by atoms with E-state index in [4.69, 9.17) is 88.2 Å². The van der Waals surface area contributed by atoms with Gasteiger partial charge in [0.2, 0.25) is 0 Å². The number of nitrogens with zero attached hydrogens (tertiary/aromatic N) is 12. The smallest absolute Gasteiger partial charge is 0.131 e. The Hall–Kier alpha value is -11.6. The summed E-state index contributed by atoms with van der Waals surface area (Å²) in [5.74, 6) is 3.51. The van der Waals surface area contributed by atoms with Crippen molar-refractivity contribution >= 4 is 95.6 Å². The van der Waals surface area contributed by atoms with Crippen molar-refractivity contribution in [3.63, 3.8) is 0 Å². The summed E-state index contributed by atoms with van der Waals surface area (Å²) in [5.41, 5.74) is 21.3. The van der Waals surface area contributed by atoms with Gasteiger partial charge in [0.25, 0.3) is 0 Å². The average Bonchev–Trinajstić information content (AvgIpc) is 0.751. The van der Waals surface area contributed by atoms with E-state index in [9.17, 15) is 0 Å². The zero-order valence-corrected chi connectivity index (χ0v) is 87.2. The Morgan fingerprint density at radius 1 is 0.174 bits per heavy atom. The van der Waals surface area contributed by atoms with Gasteiger partial charge in [-0.15, -0.1) is 0 Å². The molecule has 0 bridgehead atoms. The van der Waals surface area contributed by atoms with Gasteiger partial charge < -0.3 is 28.4 Å². The molecule has 0 aliphatic heterocycles. The van der Waals surface area contributed by atoms with Gasteiger partial charge in [-0.25, -0.2) is 0 Å². The van der Waals surface area contributed by atoms with Crippen LogP contribution in [-0.4, -0.2) is 59.8 Å². The molecule has 0 fully saturated rings. The highest BCUT2D eigenvalue weighted by atomic mass is 79.9. The third kappa shape index (κ3) is 28.4. The molecule has 18 nitrogen and oxygen atoms in total. The summed E-state index contributed by atoms with van der Waals surface area (Å²) in [6.07, 6.45) is 44.2. The predicted octanol–water partition coefficient (Wildman–Crippen LogP) is 32.2. The number of benzene rings is 4. The molecule has 12 aromatic heterocycles.